The van der Waals surface area contributed by atoms with E-state index in [0.717, 1.165) is 16.5 Å². The minimum atomic E-state index is -0.215. The molecule has 0 saturated heterocycles. The van der Waals surface area contributed by atoms with Crippen LogP contribution < -0.4 is 10.1 Å². The number of ether oxygens (including phenoxy) is 1. The van der Waals surface area contributed by atoms with Gasteiger partial charge in [0.25, 0.3) is 5.91 Å². The second-order valence-corrected chi connectivity index (χ2v) is 7.50. The summed E-state index contributed by atoms with van der Waals surface area (Å²) < 4.78 is 5.39. The van der Waals surface area contributed by atoms with Crippen molar-refractivity contribution >= 4 is 33.1 Å². The third kappa shape index (κ3) is 3.26. The second kappa shape index (κ2) is 6.24. The van der Waals surface area contributed by atoms with Crippen molar-refractivity contribution < 1.29 is 9.53 Å². The van der Waals surface area contributed by atoms with Crippen LogP contribution in [0.4, 0.5) is 5.13 Å². The standard InChI is InChI=1S/C19H20N2O2S/c1-19(2,3)16-11-24-18(20-16)21-17(22)14-9-12-7-5-6-8-13(12)10-15(14)23-4/h5-11H,1-4H3,(H,20,21,22). The van der Waals surface area contributed by atoms with E-state index < -0.39 is 0 Å². The van der Waals surface area contributed by atoms with Crippen LogP contribution in [-0.2, 0) is 5.41 Å². The Kier molecular flexibility index (Phi) is 4.28. The summed E-state index contributed by atoms with van der Waals surface area (Å²) in [6, 6.07) is 11.6. The zero-order valence-corrected chi connectivity index (χ0v) is 15.0. The van der Waals surface area contributed by atoms with Gasteiger partial charge in [0.05, 0.1) is 18.4 Å². The number of carbonyl (C=O) groups excluding carboxylic acids is 1. The van der Waals surface area contributed by atoms with Crippen LogP contribution in [0.3, 0.4) is 0 Å². The van der Waals surface area contributed by atoms with Gasteiger partial charge in [0.1, 0.15) is 5.75 Å². The number of amides is 1. The fourth-order valence-corrected chi connectivity index (χ4v) is 3.34. The molecular formula is C19H20N2O2S. The molecule has 3 rings (SSSR count). The van der Waals surface area contributed by atoms with E-state index in [9.17, 15) is 4.79 Å². The first kappa shape index (κ1) is 16.5. The summed E-state index contributed by atoms with van der Waals surface area (Å²) in [6.45, 7) is 6.29. The average molecular weight is 340 g/mol. The molecule has 1 heterocycles. The summed E-state index contributed by atoms with van der Waals surface area (Å²) in [5, 5.41) is 7.49. The number of thiazole rings is 1. The van der Waals surface area contributed by atoms with Gasteiger partial charge in [0.2, 0.25) is 0 Å². The number of hydrogen-bond acceptors (Lipinski definition) is 4. The van der Waals surface area contributed by atoms with Crippen molar-refractivity contribution in [1.29, 1.82) is 0 Å². The Morgan fingerprint density at radius 2 is 1.83 bits per heavy atom. The summed E-state index contributed by atoms with van der Waals surface area (Å²) >= 11 is 1.43. The highest BCUT2D eigenvalue weighted by atomic mass is 32.1. The van der Waals surface area contributed by atoms with E-state index in [4.69, 9.17) is 4.74 Å². The van der Waals surface area contributed by atoms with Crippen molar-refractivity contribution in [1.82, 2.24) is 4.98 Å². The number of hydrogen-bond donors (Lipinski definition) is 1. The maximum atomic E-state index is 12.7. The molecule has 2 aromatic carbocycles. The molecule has 24 heavy (non-hydrogen) atoms. The highest BCUT2D eigenvalue weighted by Crippen LogP contribution is 2.29. The van der Waals surface area contributed by atoms with Crippen LogP contribution in [0, 0.1) is 0 Å². The molecule has 1 aromatic heterocycles. The first-order valence-electron chi connectivity index (χ1n) is 7.72. The van der Waals surface area contributed by atoms with Gasteiger partial charge in [-0.15, -0.1) is 11.3 Å². The molecule has 0 radical (unpaired) electrons. The predicted molar refractivity (Wildman–Crippen MR) is 99.3 cm³/mol. The minimum Gasteiger partial charge on any atom is -0.496 e. The molecule has 3 aromatic rings. The van der Waals surface area contributed by atoms with Gasteiger partial charge in [0, 0.05) is 10.8 Å². The lowest BCUT2D eigenvalue weighted by Gasteiger charge is -2.14. The van der Waals surface area contributed by atoms with Crippen LogP contribution in [0.1, 0.15) is 36.8 Å². The molecule has 0 aliphatic heterocycles. The van der Waals surface area contributed by atoms with E-state index in [0.29, 0.717) is 16.4 Å². The third-order valence-electron chi connectivity index (χ3n) is 3.81. The van der Waals surface area contributed by atoms with Gasteiger partial charge in [-0.1, -0.05) is 45.0 Å². The first-order valence-corrected chi connectivity index (χ1v) is 8.60. The number of nitrogens with zero attached hydrogens (tertiary/aromatic N) is 1. The van der Waals surface area contributed by atoms with Crippen LogP contribution in [0.5, 0.6) is 5.75 Å². The molecular weight excluding hydrogens is 320 g/mol. The molecule has 4 nitrogen and oxygen atoms in total. The molecule has 0 aliphatic carbocycles. The molecule has 0 unspecified atom stereocenters. The smallest absolute Gasteiger partial charge is 0.261 e. The van der Waals surface area contributed by atoms with Crippen LogP contribution >= 0.6 is 11.3 Å². The number of benzene rings is 2. The van der Waals surface area contributed by atoms with E-state index in [1.165, 1.54) is 11.3 Å². The van der Waals surface area contributed by atoms with Gasteiger partial charge in [-0.3, -0.25) is 10.1 Å². The molecule has 124 valence electrons. The fourth-order valence-electron chi connectivity index (χ4n) is 2.41. The summed E-state index contributed by atoms with van der Waals surface area (Å²) in [4.78, 5) is 17.2. The Labute approximate surface area is 145 Å². The van der Waals surface area contributed by atoms with Gasteiger partial charge in [-0.05, 0) is 22.9 Å². The normalized spacial score (nSPS) is 11.5. The van der Waals surface area contributed by atoms with Crippen molar-refractivity contribution in [2.45, 2.75) is 26.2 Å². The summed E-state index contributed by atoms with van der Waals surface area (Å²) in [5.41, 5.74) is 1.43. The first-order chi connectivity index (χ1) is 11.4. The SMILES string of the molecule is COc1cc2ccccc2cc1C(=O)Nc1nc(C(C)(C)C)cs1. The Morgan fingerprint density at radius 1 is 1.17 bits per heavy atom. The van der Waals surface area contributed by atoms with E-state index in [2.05, 4.69) is 31.1 Å². The zero-order chi connectivity index (χ0) is 17.3. The molecule has 0 fully saturated rings. The van der Waals surface area contributed by atoms with Crippen LogP contribution in [-0.4, -0.2) is 18.0 Å². The number of methoxy groups -OCH3 is 1. The molecule has 5 heteroatoms. The van der Waals surface area contributed by atoms with Crippen LogP contribution in [0.2, 0.25) is 0 Å². The van der Waals surface area contributed by atoms with Crippen molar-refractivity contribution in [3.05, 3.63) is 53.0 Å². The van der Waals surface area contributed by atoms with Gasteiger partial charge in [0.15, 0.2) is 5.13 Å². The maximum Gasteiger partial charge on any atom is 0.261 e. The Bertz CT molecular complexity index is 894. The number of nitrogens with one attached hydrogen (secondary N) is 1. The number of anilines is 1. The number of aromatic nitrogens is 1. The number of rotatable bonds is 3. The lowest BCUT2D eigenvalue weighted by molar-refractivity contribution is 0.102. The monoisotopic (exact) mass is 340 g/mol. The largest absolute Gasteiger partial charge is 0.496 e. The predicted octanol–water partition coefficient (Wildman–Crippen LogP) is 4.85. The highest BCUT2D eigenvalue weighted by molar-refractivity contribution is 7.14. The van der Waals surface area contributed by atoms with Gasteiger partial charge < -0.3 is 4.74 Å². The van der Waals surface area contributed by atoms with Crippen molar-refractivity contribution in [3.8, 4) is 5.75 Å². The molecule has 1 N–H and O–H groups in total. The fraction of sp³-hybridized carbons (Fsp3) is 0.263. The van der Waals surface area contributed by atoms with Crippen LogP contribution in [0.15, 0.2) is 41.8 Å². The minimum absolute atomic E-state index is 0.0416. The van der Waals surface area contributed by atoms with E-state index in [1.807, 2.05) is 41.8 Å². The van der Waals surface area contributed by atoms with E-state index >= 15 is 0 Å². The maximum absolute atomic E-state index is 12.7. The Hall–Kier alpha value is -2.40. The molecule has 0 atom stereocenters. The highest BCUT2D eigenvalue weighted by Gasteiger charge is 2.19. The molecule has 0 aliphatic rings. The summed E-state index contributed by atoms with van der Waals surface area (Å²) in [6.07, 6.45) is 0. The molecule has 0 spiro atoms. The molecule has 0 saturated carbocycles. The van der Waals surface area contributed by atoms with E-state index in [-0.39, 0.29) is 11.3 Å². The summed E-state index contributed by atoms with van der Waals surface area (Å²) in [7, 11) is 1.57. The third-order valence-corrected chi connectivity index (χ3v) is 4.56. The molecule has 1 amide bonds. The van der Waals surface area contributed by atoms with Gasteiger partial charge in [-0.25, -0.2) is 4.98 Å². The average Bonchev–Trinajstić information content (AvgIpc) is 3.02. The van der Waals surface area contributed by atoms with Crippen LogP contribution in [0.25, 0.3) is 10.8 Å². The van der Waals surface area contributed by atoms with Crippen molar-refractivity contribution in [2.24, 2.45) is 0 Å². The van der Waals surface area contributed by atoms with Gasteiger partial charge >= 0.3 is 0 Å². The number of carbonyl (C=O) groups is 1. The quantitative estimate of drug-likeness (QED) is 0.741. The number of fused-ring (bicyclic) bond motifs is 1. The topological polar surface area (TPSA) is 51.2 Å². The Morgan fingerprint density at radius 3 is 2.42 bits per heavy atom. The van der Waals surface area contributed by atoms with E-state index in [1.54, 1.807) is 7.11 Å². The van der Waals surface area contributed by atoms with Crippen molar-refractivity contribution in [2.75, 3.05) is 12.4 Å². The van der Waals surface area contributed by atoms with Gasteiger partial charge in [-0.2, -0.15) is 0 Å². The second-order valence-electron chi connectivity index (χ2n) is 6.64. The van der Waals surface area contributed by atoms with Crippen molar-refractivity contribution in [3.63, 3.8) is 0 Å². The lowest BCUT2D eigenvalue weighted by Crippen LogP contribution is -2.15. The Balaban J connectivity index is 1.92. The summed E-state index contributed by atoms with van der Waals surface area (Å²) in [5.74, 6) is 0.339. The zero-order valence-electron chi connectivity index (χ0n) is 14.2. The molecule has 0 bridgehead atoms. The lowest BCUT2D eigenvalue weighted by atomic mass is 9.93.